The van der Waals surface area contributed by atoms with Crippen LogP contribution in [0.15, 0.2) is 66.7 Å². The number of pyridine rings is 1. The lowest BCUT2D eigenvalue weighted by atomic mass is 9.92. The number of fused-ring (bicyclic) bond motifs is 2. The van der Waals surface area contributed by atoms with Crippen LogP contribution >= 0.6 is 12.4 Å². The molecule has 1 aromatic heterocycles. The molecule has 4 aromatic rings. The molecule has 0 saturated heterocycles. The Labute approximate surface area is 223 Å². The lowest BCUT2D eigenvalue weighted by Gasteiger charge is -2.23. The maximum atomic E-state index is 12.8. The number of nitrogens with one attached hydrogen (secondary N) is 2. The Hall–Kier alpha value is -3.77. The molecule has 2 N–H and O–H groups in total. The molecule has 0 bridgehead atoms. The summed E-state index contributed by atoms with van der Waals surface area (Å²) < 4.78 is 10.8. The molecule has 7 heteroatoms. The molecular formula is C30H32ClN3O3. The molecule has 1 amide bonds. The summed E-state index contributed by atoms with van der Waals surface area (Å²) >= 11 is 0. The number of rotatable bonds is 8. The molecule has 0 fully saturated rings. The number of carbonyl (C=O) groups excluding carboxylic acids is 1. The molecule has 1 heterocycles. The second-order valence-corrected chi connectivity index (χ2v) is 9.07. The summed E-state index contributed by atoms with van der Waals surface area (Å²) in [5.74, 6) is 1.58. The van der Waals surface area contributed by atoms with E-state index in [0.717, 1.165) is 76.4 Å². The summed E-state index contributed by atoms with van der Waals surface area (Å²) in [6.45, 7) is 0. The molecule has 0 radical (unpaired) electrons. The number of methoxy groups -OCH3 is 2. The van der Waals surface area contributed by atoms with E-state index in [4.69, 9.17) is 14.5 Å². The summed E-state index contributed by atoms with van der Waals surface area (Å²) in [4.78, 5) is 17.7. The van der Waals surface area contributed by atoms with E-state index in [0.29, 0.717) is 12.8 Å². The van der Waals surface area contributed by atoms with E-state index in [1.807, 2.05) is 66.7 Å². The summed E-state index contributed by atoms with van der Waals surface area (Å²) in [7, 11) is 3.33. The van der Waals surface area contributed by atoms with E-state index in [1.165, 1.54) is 5.56 Å². The van der Waals surface area contributed by atoms with Crippen molar-refractivity contribution in [2.45, 2.75) is 38.5 Å². The smallest absolute Gasteiger partial charge is 0.224 e. The summed E-state index contributed by atoms with van der Waals surface area (Å²) in [6.07, 6.45) is 5.33. The summed E-state index contributed by atoms with van der Waals surface area (Å²) in [6, 6.07) is 21.7. The van der Waals surface area contributed by atoms with Crippen molar-refractivity contribution in [3.8, 4) is 11.5 Å². The molecule has 192 valence electrons. The van der Waals surface area contributed by atoms with Crippen molar-refractivity contribution in [1.82, 2.24) is 4.98 Å². The maximum absolute atomic E-state index is 12.8. The van der Waals surface area contributed by atoms with Gasteiger partial charge >= 0.3 is 0 Å². The number of hydrogen-bond donors (Lipinski definition) is 2. The largest absolute Gasteiger partial charge is 0.497 e. The summed E-state index contributed by atoms with van der Waals surface area (Å²) in [5.41, 5.74) is 7.16. The molecule has 1 aliphatic carbocycles. The van der Waals surface area contributed by atoms with Gasteiger partial charge in [-0.3, -0.25) is 9.78 Å². The molecule has 1 aliphatic rings. The topological polar surface area (TPSA) is 72.5 Å². The van der Waals surface area contributed by atoms with Crippen LogP contribution in [-0.4, -0.2) is 25.1 Å². The van der Waals surface area contributed by atoms with Gasteiger partial charge in [0.2, 0.25) is 5.91 Å². The van der Waals surface area contributed by atoms with Gasteiger partial charge in [-0.15, -0.1) is 12.4 Å². The third-order valence-corrected chi connectivity index (χ3v) is 6.71. The number of amides is 1. The monoisotopic (exact) mass is 517 g/mol. The number of carbonyl (C=O) groups is 1. The predicted octanol–water partition coefficient (Wildman–Crippen LogP) is 6.87. The fourth-order valence-electron chi connectivity index (χ4n) is 4.80. The average Bonchev–Trinajstić information content (AvgIpc) is 2.92. The normalized spacial score (nSPS) is 12.3. The zero-order chi connectivity index (χ0) is 24.9. The molecule has 3 aromatic carbocycles. The van der Waals surface area contributed by atoms with Gasteiger partial charge in [-0.2, -0.15) is 0 Å². The van der Waals surface area contributed by atoms with Crippen molar-refractivity contribution in [2.24, 2.45) is 0 Å². The van der Waals surface area contributed by atoms with Gasteiger partial charge in [0.1, 0.15) is 11.5 Å². The third-order valence-electron chi connectivity index (χ3n) is 6.71. The zero-order valence-electron chi connectivity index (χ0n) is 21.2. The first-order valence-corrected chi connectivity index (χ1v) is 12.4. The Morgan fingerprint density at radius 1 is 0.946 bits per heavy atom. The van der Waals surface area contributed by atoms with Gasteiger partial charge < -0.3 is 20.1 Å². The van der Waals surface area contributed by atoms with E-state index in [2.05, 4.69) is 10.6 Å². The number of benzene rings is 3. The lowest BCUT2D eigenvalue weighted by molar-refractivity contribution is -0.116. The average molecular weight is 518 g/mol. The Kier molecular flexibility index (Phi) is 8.51. The number of halogens is 1. The lowest BCUT2D eigenvalue weighted by Crippen LogP contribution is -2.13. The third kappa shape index (κ3) is 5.97. The first-order chi connectivity index (χ1) is 17.6. The number of aryl methyl sites for hydroxylation is 2. The van der Waals surface area contributed by atoms with Crippen LogP contribution in [0.5, 0.6) is 11.5 Å². The first kappa shape index (κ1) is 26.3. The fourth-order valence-corrected chi connectivity index (χ4v) is 4.80. The first-order valence-electron chi connectivity index (χ1n) is 12.4. The Bertz CT molecular complexity index is 1390. The van der Waals surface area contributed by atoms with Crippen molar-refractivity contribution < 1.29 is 14.3 Å². The second kappa shape index (κ2) is 12.0. The molecule has 0 atom stereocenters. The highest BCUT2D eigenvalue weighted by molar-refractivity contribution is 6.00. The Morgan fingerprint density at radius 3 is 2.51 bits per heavy atom. The molecule has 0 saturated carbocycles. The van der Waals surface area contributed by atoms with Crippen LogP contribution in [0.25, 0.3) is 10.9 Å². The number of hydrogen-bond acceptors (Lipinski definition) is 5. The van der Waals surface area contributed by atoms with Gasteiger partial charge in [-0.1, -0.05) is 24.3 Å². The number of para-hydroxylation sites is 2. The molecule has 6 nitrogen and oxygen atoms in total. The van der Waals surface area contributed by atoms with Gasteiger partial charge in [0.05, 0.1) is 31.1 Å². The van der Waals surface area contributed by atoms with Crippen molar-refractivity contribution >= 4 is 46.3 Å². The molecule has 37 heavy (non-hydrogen) atoms. The van der Waals surface area contributed by atoms with Crippen LogP contribution in [0.1, 0.15) is 36.1 Å². The highest BCUT2D eigenvalue weighted by Crippen LogP contribution is 2.38. The van der Waals surface area contributed by atoms with E-state index in [1.54, 1.807) is 14.2 Å². The quantitative estimate of drug-likeness (QED) is 0.267. The van der Waals surface area contributed by atoms with Crippen molar-refractivity contribution in [3.63, 3.8) is 0 Å². The van der Waals surface area contributed by atoms with Gasteiger partial charge in [-0.05, 0) is 85.7 Å². The number of ether oxygens (including phenoxy) is 2. The Morgan fingerprint density at radius 2 is 1.73 bits per heavy atom. The van der Waals surface area contributed by atoms with Crippen LogP contribution < -0.4 is 20.1 Å². The molecule has 0 aliphatic heterocycles. The number of nitrogens with zero attached hydrogens (tertiary/aromatic N) is 1. The van der Waals surface area contributed by atoms with Crippen LogP contribution in [0.3, 0.4) is 0 Å². The van der Waals surface area contributed by atoms with Crippen molar-refractivity contribution in [3.05, 3.63) is 83.6 Å². The minimum absolute atomic E-state index is 0. The fraction of sp³-hybridized carbons (Fsp3) is 0.267. The minimum Gasteiger partial charge on any atom is -0.497 e. The van der Waals surface area contributed by atoms with Crippen LogP contribution in [0.4, 0.5) is 17.1 Å². The molecule has 5 rings (SSSR count). The van der Waals surface area contributed by atoms with E-state index < -0.39 is 0 Å². The molecular weight excluding hydrogens is 486 g/mol. The Balaban J connectivity index is 0.00000320. The SMILES string of the molecule is COc1ccc(CCC(=O)Nc2ccc3nc4c(c(Nc5ccccc5OC)c3c2)CCCC4)cc1.Cl. The van der Waals surface area contributed by atoms with Crippen LogP contribution in [0, 0.1) is 0 Å². The minimum atomic E-state index is -0.0182. The van der Waals surface area contributed by atoms with Crippen LogP contribution in [-0.2, 0) is 24.1 Å². The van der Waals surface area contributed by atoms with E-state index in [-0.39, 0.29) is 18.3 Å². The molecule has 0 unspecified atom stereocenters. The van der Waals surface area contributed by atoms with Crippen molar-refractivity contribution in [2.75, 3.05) is 24.9 Å². The predicted molar refractivity (Wildman–Crippen MR) is 152 cm³/mol. The second-order valence-electron chi connectivity index (χ2n) is 9.07. The van der Waals surface area contributed by atoms with E-state index >= 15 is 0 Å². The van der Waals surface area contributed by atoms with Gasteiger partial charge in [-0.25, -0.2) is 0 Å². The molecule has 0 spiro atoms. The van der Waals surface area contributed by atoms with Gasteiger partial charge in [0.25, 0.3) is 0 Å². The van der Waals surface area contributed by atoms with Gasteiger partial charge in [0.15, 0.2) is 0 Å². The van der Waals surface area contributed by atoms with Crippen molar-refractivity contribution in [1.29, 1.82) is 0 Å². The highest BCUT2D eigenvalue weighted by atomic mass is 35.5. The van der Waals surface area contributed by atoms with Gasteiger partial charge in [0, 0.05) is 23.2 Å². The van der Waals surface area contributed by atoms with Crippen LogP contribution in [0.2, 0.25) is 0 Å². The maximum Gasteiger partial charge on any atom is 0.224 e. The number of aromatic nitrogens is 1. The standard InChI is InChI=1S/C30H31N3O3.ClH/c1-35-22-15-11-20(12-16-22)13-18-29(34)31-21-14-17-26-24(19-21)30(23-7-3-4-8-25(23)32-26)33-27-9-5-6-10-28(27)36-2;/h5-6,9-12,14-17,19H,3-4,7-8,13,18H2,1-2H3,(H,31,34)(H,32,33);1H. The highest BCUT2D eigenvalue weighted by Gasteiger charge is 2.20. The summed E-state index contributed by atoms with van der Waals surface area (Å²) in [5, 5.41) is 7.71. The zero-order valence-corrected chi connectivity index (χ0v) is 22.0. The number of anilines is 3. The van der Waals surface area contributed by atoms with E-state index in [9.17, 15) is 4.79 Å².